The Bertz CT molecular complexity index is 751. The van der Waals surface area contributed by atoms with E-state index >= 15 is 0 Å². The Labute approximate surface area is 175 Å². The van der Waals surface area contributed by atoms with Gasteiger partial charge in [-0.1, -0.05) is 18.0 Å². The van der Waals surface area contributed by atoms with Crippen LogP contribution in [-0.4, -0.2) is 65.4 Å². The first-order chi connectivity index (χ1) is 13.5. The smallest absolute Gasteiger partial charge is 0.156 e. The molecule has 1 aromatic carbocycles. The third-order valence-corrected chi connectivity index (χ3v) is 6.46. The minimum Gasteiger partial charge on any atom is -0.368 e. The molecule has 1 aromatic heterocycles. The molecule has 0 radical (unpaired) electrons. The number of fused-ring (bicyclic) bond motifs is 1. The molecule has 0 saturated carbocycles. The summed E-state index contributed by atoms with van der Waals surface area (Å²) in [5.41, 5.74) is 1.15. The van der Waals surface area contributed by atoms with Gasteiger partial charge in [-0.05, 0) is 84.9 Å². The van der Waals surface area contributed by atoms with Crippen LogP contribution in [0.15, 0.2) is 18.2 Å². The SMILES string of the molecule is CC(CCn1nc(NCCC(C)N2CCCCC2)c2cc(Cl)ccc21)N(C)C. The van der Waals surface area contributed by atoms with Crippen LogP contribution in [0.5, 0.6) is 0 Å². The minimum atomic E-state index is 0.522. The van der Waals surface area contributed by atoms with Crippen LogP contribution in [0.1, 0.15) is 46.0 Å². The van der Waals surface area contributed by atoms with Crippen molar-refractivity contribution in [3.05, 3.63) is 23.2 Å². The largest absolute Gasteiger partial charge is 0.368 e. The molecule has 2 atom stereocenters. The molecule has 2 heterocycles. The van der Waals surface area contributed by atoms with E-state index in [4.69, 9.17) is 16.7 Å². The molecule has 3 rings (SSSR count). The third kappa shape index (κ3) is 5.40. The average Bonchev–Trinajstić information content (AvgIpc) is 3.03. The second-order valence-corrected chi connectivity index (χ2v) is 8.93. The van der Waals surface area contributed by atoms with Crippen LogP contribution in [0, 0.1) is 0 Å². The van der Waals surface area contributed by atoms with Gasteiger partial charge in [0.1, 0.15) is 0 Å². The number of hydrogen-bond acceptors (Lipinski definition) is 4. The lowest BCUT2D eigenvalue weighted by Crippen LogP contribution is -2.38. The molecule has 0 aliphatic carbocycles. The molecule has 28 heavy (non-hydrogen) atoms. The Morgan fingerprint density at radius 3 is 2.61 bits per heavy atom. The molecule has 1 aliphatic heterocycles. The standard InChI is InChI=1S/C22H36ClN5/c1-17(26(3)4)11-15-28-21-9-8-19(23)16-20(21)22(25-28)24-12-10-18(2)27-13-6-5-7-14-27/h8-9,16-18H,5-7,10-15H2,1-4H3,(H,24,25). The van der Waals surface area contributed by atoms with Gasteiger partial charge in [-0.25, -0.2) is 0 Å². The van der Waals surface area contributed by atoms with Crippen LogP contribution >= 0.6 is 11.6 Å². The van der Waals surface area contributed by atoms with Gasteiger partial charge < -0.3 is 15.1 Å². The average molecular weight is 406 g/mol. The van der Waals surface area contributed by atoms with Crippen LogP contribution < -0.4 is 5.32 Å². The predicted octanol–water partition coefficient (Wildman–Crippen LogP) is 4.71. The lowest BCUT2D eigenvalue weighted by Gasteiger charge is -2.32. The molecule has 1 fully saturated rings. The molecule has 0 spiro atoms. The highest BCUT2D eigenvalue weighted by Crippen LogP contribution is 2.27. The third-order valence-electron chi connectivity index (χ3n) is 6.22. The number of aromatic nitrogens is 2. The zero-order valence-electron chi connectivity index (χ0n) is 17.9. The van der Waals surface area contributed by atoms with Crippen molar-refractivity contribution in [2.24, 2.45) is 0 Å². The van der Waals surface area contributed by atoms with Gasteiger partial charge in [0.2, 0.25) is 0 Å². The number of benzene rings is 1. The summed E-state index contributed by atoms with van der Waals surface area (Å²) in [6.07, 6.45) is 6.27. The lowest BCUT2D eigenvalue weighted by atomic mass is 10.1. The first-order valence-corrected chi connectivity index (χ1v) is 11.1. The zero-order valence-corrected chi connectivity index (χ0v) is 18.7. The number of nitrogens with one attached hydrogen (secondary N) is 1. The van der Waals surface area contributed by atoms with Gasteiger partial charge in [-0.15, -0.1) is 0 Å². The van der Waals surface area contributed by atoms with Crippen molar-refractivity contribution in [1.29, 1.82) is 0 Å². The Morgan fingerprint density at radius 1 is 1.14 bits per heavy atom. The van der Waals surface area contributed by atoms with Crippen LogP contribution in [0.25, 0.3) is 10.9 Å². The number of halogens is 1. The number of nitrogens with zero attached hydrogens (tertiary/aromatic N) is 4. The number of anilines is 1. The Kier molecular flexibility index (Phi) is 7.61. The summed E-state index contributed by atoms with van der Waals surface area (Å²) in [4.78, 5) is 4.88. The molecule has 156 valence electrons. The second kappa shape index (κ2) is 9.95. The number of rotatable bonds is 9. The summed E-state index contributed by atoms with van der Waals surface area (Å²) in [6.45, 7) is 8.94. The van der Waals surface area contributed by atoms with Crippen molar-refractivity contribution in [1.82, 2.24) is 19.6 Å². The van der Waals surface area contributed by atoms with E-state index in [1.807, 2.05) is 12.1 Å². The quantitative estimate of drug-likeness (QED) is 0.655. The first kappa shape index (κ1) is 21.4. The molecule has 0 bridgehead atoms. The van der Waals surface area contributed by atoms with Gasteiger partial charge in [-0.3, -0.25) is 4.68 Å². The topological polar surface area (TPSA) is 36.3 Å². The number of piperidine rings is 1. The second-order valence-electron chi connectivity index (χ2n) is 8.50. The van der Waals surface area contributed by atoms with Gasteiger partial charge >= 0.3 is 0 Å². The fraction of sp³-hybridized carbons (Fsp3) is 0.682. The van der Waals surface area contributed by atoms with Gasteiger partial charge in [0.25, 0.3) is 0 Å². The van der Waals surface area contributed by atoms with E-state index in [9.17, 15) is 0 Å². The van der Waals surface area contributed by atoms with E-state index in [1.165, 1.54) is 32.4 Å². The van der Waals surface area contributed by atoms with Crippen LogP contribution in [0.2, 0.25) is 5.02 Å². The highest BCUT2D eigenvalue weighted by Gasteiger charge is 2.17. The summed E-state index contributed by atoms with van der Waals surface area (Å²) in [6, 6.07) is 7.22. The van der Waals surface area contributed by atoms with Crippen molar-refractivity contribution >= 4 is 28.3 Å². The highest BCUT2D eigenvalue weighted by atomic mass is 35.5. The van der Waals surface area contributed by atoms with Crippen LogP contribution in [-0.2, 0) is 6.54 Å². The molecule has 2 aromatic rings. The molecule has 1 N–H and O–H groups in total. The van der Waals surface area contributed by atoms with Crippen molar-refractivity contribution in [2.75, 3.05) is 39.0 Å². The summed E-state index contributed by atoms with van der Waals surface area (Å²) in [5.74, 6) is 0.959. The Balaban J connectivity index is 1.65. The van der Waals surface area contributed by atoms with Crippen molar-refractivity contribution < 1.29 is 0 Å². The summed E-state index contributed by atoms with van der Waals surface area (Å²) < 4.78 is 2.13. The Morgan fingerprint density at radius 2 is 1.89 bits per heavy atom. The number of likely N-dealkylation sites (tertiary alicyclic amines) is 1. The maximum absolute atomic E-state index is 6.28. The molecule has 5 nitrogen and oxygen atoms in total. The first-order valence-electron chi connectivity index (χ1n) is 10.8. The summed E-state index contributed by atoms with van der Waals surface area (Å²) in [5, 5.41) is 10.4. The molecule has 6 heteroatoms. The zero-order chi connectivity index (χ0) is 20.1. The van der Waals surface area contributed by atoms with Crippen molar-refractivity contribution in [2.45, 2.75) is 64.6 Å². The summed E-state index contributed by atoms with van der Waals surface area (Å²) in [7, 11) is 4.25. The molecule has 2 unspecified atom stereocenters. The normalized spacial score (nSPS) is 17.9. The van der Waals surface area contributed by atoms with E-state index in [0.29, 0.717) is 12.1 Å². The van der Waals surface area contributed by atoms with Crippen molar-refractivity contribution in [3.63, 3.8) is 0 Å². The highest BCUT2D eigenvalue weighted by molar-refractivity contribution is 6.31. The summed E-state index contributed by atoms with van der Waals surface area (Å²) >= 11 is 6.28. The van der Waals surface area contributed by atoms with Gasteiger partial charge in [0.05, 0.1) is 5.52 Å². The monoisotopic (exact) mass is 405 g/mol. The Hall–Kier alpha value is -1.30. The van der Waals surface area contributed by atoms with Crippen LogP contribution in [0.3, 0.4) is 0 Å². The fourth-order valence-electron chi connectivity index (χ4n) is 3.96. The van der Waals surface area contributed by atoms with E-state index in [1.54, 1.807) is 0 Å². The van der Waals surface area contributed by atoms with E-state index in [-0.39, 0.29) is 0 Å². The van der Waals surface area contributed by atoms with Gasteiger partial charge in [0.15, 0.2) is 5.82 Å². The minimum absolute atomic E-state index is 0.522. The van der Waals surface area contributed by atoms with E-state index < -0.39 is 0 Å². The van der Waals surface area contributed by atoms with E-state index in [2.05, 4.69) is 53.8 Å². The predicted molar refractivity (Wildman–Crippen MR) is 121 cm³/mol. The molecular weight excluding hydrogens is 370 g/mol. The van der Waals surface area contributed by atoms with Gasteiger partial charge in [-0.2, -0.15) is 5.10 Å². The van der Waals surface area contributed by atoms with Gasteiger partial charge in [0, 0.05) is 35.6 Å². The lowest BCUT2D eigenvalue weighted by molar-refractivity contribution is 0.169. The maximum Gasteiger partial charge on any atom is 0.156 e. The number of hydrogen-bond donors (Lipinski definition) is 1. The number of aryl methyl sites for hydroxylation is 1. The van der Waals surface area contributed by atoms with Crippen molar-refractivity contribution in [3.8, 4) is 0 Å². The molecule has 0 amide bonds. The molecular formula is C22H36ClN5. The fourth-order valence-corrected chi connectivity index (χ4v) is 4.13. The molecule has 1 aliphatic rings. The molecule has 1 saturated heterocycles. The maximum atomic E-state index is 6.28. The van der Waals surface area contributed by atoms with Crippen LogP contribution in [0.4, 0.5) is 5.82 Å². The van der Waals surface area contributed by atoms with E-state index in [0.717, 1.165) is 47.7 Å².